The van der Waals surface area contributed by atoms with Crippen LogP contribution in [0.4, 0.5) is 17.6 Å². The number of alkyl halides is 4. The molecule has 0 aromatic carbocycles. The SMILES string of the molecule is CC(=CCC(F)(F)C(F)F)C(=O)O. The van der Waals surface area contributed by atoms with E-state index in [4.69, 9.17) is 5.11 Å². The number of carboxylic acids is 1. The van der Waals surface area contributed by atoms with Gasteiger partial charge in [0.2, 0.25) is 0 Å². The van der Waals surface area contributed by atoms with Crippen molar-refractivity contribution >= 4 is 5.97 Å². The monoisotopic (exact) mass is 200 g/mol. The maximum Gasteiger partial charge on any atom is 0.330 e. The summed E-state index contributed by atoms with van der Waals surface area (Å²) < 4.78 is 47.4. The smallest absolute Gasteiger partial charge is 0.330 e. The van der Waals surface area contributed by atoms with E-state index in [1.807, 2.05) is 0 Å². The molecule has 1 N–H and O–H groups in total. The summed E-state index contributed by atoms with van der Waals surface area (Å²) in [5, 5.41) is 8.22. The van der Waals surface area contributed by atoms with E-state index in [-0.39, 0.29) is 5.57 Å². The number of carboxylic acid groups (broad SMARTS) is 1. The minimum atomic E-state index is -4.16. The molecule has 0 saturated heterocycles. The van der Waals surface area contributed by atoms with Crippen LogP contribution in [-0.4, -0.2) is 23.4 Å². The van der Waals surface area contributed by atoms with Crippen LogP contribution in [-0.2, 0) is 4.79 Å². The van der Waals surface area contributed by atoms with Gasteiger partial charge in [-0.25, -0.2) is 13.6 Å². The van der Waals surface area contributed by atoms with Crippen molar-refractivity contribution in [2.75, 3.05) is 0 Å². The molecule has 0 unspecified atom stereocenters. The molecule has 0 amide bonds. The summed E-state index contributed by atoms with van der Waals surface area (Å²) >= 11 is 0. The summed E-state index contributed by atoms with van der Waals surface area (Å²) in [5.74, 6) is -5.55. The van der Waals surface area contributed by atoms with Gasteiger partial charge in [0.1, 0.15) is 0 Å². The van der Waals surface area contributed by atoms with Gasteiger partial charge in [0.25, 0.3) is 0 Å². The highest BCUT2D eigenvalue weighted by Crippen LogP contribution is 2.27. The minimum Gasteiger partial charge on any atom is -0.478 e. The third-order valence-corrected chi connectivity index (χ3v) is 1.34. The molecule has 0 aromatic rings. The first-order valence-corrected chi connectivity index (χ1v) is 3.33. The molecule has 0 aromatic heterocycles. The van der Waals surface area contributed by atoms with E-state index in [1.54, 1.807) is 0 Å². The zero-order chi connectivity index (χ0) is 10.6. The van der Waals surface area contributed by atoms with Crippen molar-refractivity contribution in [2.24, 2.45) is 0 Å². The van der Waals surface area contributed by atoms with Crippen LogP contribution in [0.2, 0.25) is 0 Å². The van der Waals surface area contributed by atoms with Gasteiger partial charge >= 0.3 is 18.3 Å². The molecule has 0 spiro atoms. The molecule has 0 radical (unpaired) electrons. The number of hydrogen-bond acceptors (Lipinski definition) is 1. The van der Waals surface area contributed by atoms with Gasteiger partial charge in [0.05, 0.1) is 0 Å². The van der Waals surface area contributed by atoms with Crippen LogP contribution in [0, 0.1) is 0 Å². The Bertz CT molecular complexity index is 223. The Labute approximate surface area is 71.9 Å². The normalized spacial score (nSPS) is 13.5. The van der Waals surface area contributed by atoms with E-state index in [2.05, 4.69) is 0 Å². The van der Waals surface area contributed by atoms with Crippen LogP contribution in [0.1, 0.15) is 13.3 Å². The lowest BCUT2D eigenvalue weighted by Gasteiger charge is -2.12. The highest BCUT2D eigenvalue weighted by Gasteiger charge is 2.39. The lowest BCUT2D eigenvalue weighted by Crippen LogP contribution is -2.25. The Morgan fingerprint density at radius 1 is 1.54 bits per heavy atom. The summed E-state index contributed by atoms with van der Waals surface area (Å²) in [6.45, 7) is 1.06. The fourth-order valence-electron chi connectivity index (χ4n) is 0.466. The van der Waals surface area contributed by atoms with E-state index in [0.717, 1.165) is 6.92 Å². The van der Waals surface area contributed by atoms with Gasteiger partial charge in [-0.05, 0) is 6.92 Å². The third kappa shape index (κ3) is 3.91. The van der Waals surface area contributed by atoms with Crippen LogP contribution in [0.3, 0.4) is 0 Å². The van der Waals surface area contributed by atoms with Crippen molar-refractivity contribution in [1.82, 2.24) is 0 Å². The standard InChI is InChI=1S/C7H8F4O2/c1-4(5(12)13)2-3-7(10,11)6(8)9/h2,6H,3H2,1H3,(H,12,13). The van der Waals surface area contributed by atoms with E-state index < -0.39 is 24.7 Å². The summed E-state index contributed by atoms with van der Waals surface area (Å²) in [5.41, 5.74) is -0.375. The molecule has 0 aliphatic heterocycles. The Hall–Kier alpha value is -1.07. The molecule has 0 aliphatic rings. The van der Waals surface area contributed by atoms with Gasteiger partial charge in [-0.1, -0.05) is 6.08 Å². The van der Waals surface area contributed by atoms with Crippen molar-refractivity contribution in [2.45, 2.75) is 25.7 Å². The summed E-state index contributed by atoms with van der Waals surface area (Å²) in [6.07, 6.45) is -4.46. The van der Waals surface area contributed by atoms with Crippen LogP contribution in [0.5, 0.6) is 0 Å². The first kappa shape index (κ1) is 11.9. The van der Waals surface area contributed by atoms with E-state index in [0.29, 0.717) is 6.08 Å². The molecule has 2 nitrogen and oxygen atoms in total. The first-order valence-electron chi connectivity index (χ1n) is 3.33. The first-order chi connectivity index (χ1) is 5.77. The molecule has 0 bridgehead atoms. The van der Waals surface area contributed by atoms with Gasteiger partial charge in [-0.3, -0.25) is 0 Å². The molecule has 0 fully saturated rings. The Morgan fingerprint density at radius 2 is 2.00 bits per heavy atom. The van der Waals surface area contributed by atoms with Crippen molar-refractivity contribution in [3.05, 3.63) is 11.6 Å². The molecule has 13 heavy (non-hydrogen) atoms. The highest BCUT2D eigenvalue weighted by atomic mass is 19.3. The van der Waals surface area contributed by atoms with E-state index in [1.165, 1.54) is 0 Å². The van der Waals surface area contributed by atoms with Crippen LogP contribution in [0.25, 0.3) is 0 Å². The van der Waals surface area contributed by atoms with E-state index in [9.17, 15) is 22.4 Å². The predicted molar refractivity (Wildman–Crippen MR) is 37.0 cm³/mol. The Kier molecular flexibility index (Phi) is 3.90. The zero-order valence-corrected chi connectivity index (χ0v) is 6.73. The lowest BCUT2D eigenvalue weighted by atomic mass is 10.2. The number of aliphatic carboxylic acids is 1. The molecular formula is C7H8F4O2. The number of hydrogen-bond donors (Lipinski definition) is 1. The molecule has 0 rings (SSSR count). The van der Waals surface area contributed by atoms with Crippen molar-refractivity contribution in [1.29, 1.82) is 0 Å². The second-order valence-electron chi connectivity index (χ2n) is 2.46. The van der Waals surface area contributed by atoms with Gasteiger partial charge in [0, 0.05) is 12.0 Å². The summed E-state index contributed by atoms with van der Waals surface area (Å²) in [6, 6.07) is 0. The quantitative estimate of drug-likeness (QED) is 0.558. The van der Waals surface area contributed by atoms with Gasteiger partial charge in [0.15, 0.2) is 0 Å². The molecule has 0 heterocycles. The largest absolute Gasteiger partial charge is 0.478 e. The second-order valence-corrected chi connectivity index (χ2v) is 2.46. The molecule has 6 heteroatoms. The number of allylic oxidation sites excluding steroid dienone is 1. The van der Waals surface area contributed by atoms with Crippen molar-refractivity contribution in [3.63, 3.8) is 0 Å². The van der Waals surface area contributed by atoms with Crippen LogP contribution in [0.15, 0.2) is 11.6 Å². The Balaban J connectivity index is 4.31. The molecule has 76 valence electrons. The topological polar surface area (TPSA) is 37.3 Å². The molecular weight excluding hydrogens is 192 g/mol. The summed E-state index contributed by atoms with van der Waals surface area (Å²) in [4.78, 5) is 10.1. The fourth-order valence-corrected chi connectivity index (χ4v) is 0.466. The number of carbonyl (C=O) groups is 1. The zero-order valence-electron chi connectivity index (χ0n) is 6.73. The maximum absolute atomic E-state index is 12.2. The third-order valence-electron chi connectivity index (χ3n) is 1.34. The van der Waals surface area contributed by atoms with Gasteiger partial charge in [-0.2, -0.15) is 8.78 Å². The average Bonchev–Trinajstić information content (AvgIpc) is 1.99. The number of rotatable bonds is 4. The van der Waals surface area contributed by atoms with Gasteiger partial charge in [-0.15, -0.1) is 0 Å². The number of halogens is 4. The maximum atomic E-state index is 12.2. The Morgan fingerprint density at radius 3 is 2.31 bits per heavy atom. The van der Waals surface area contributed by atoms with Crippen LogP contribution >= 0.6 is 0 Å². The highest BCUT2D eigenvalue weighted by molar-refractivity contribution is 5.85. The van der Waals surface area contributed by atoms with Crippen LogP contribution < -0.4 is 0 Å². The lowest BCUT2D eigenvalue weighted by molar-refractivity contribution is -0.133. The molecule has 0 saturated carbocycles. The van der Waals surface area contributed by atoms with Crippen molar-refractivity contribution in [3.8, 4) is 0 Å². The summed E-state index contributed by atoms with van der Waals surface area (Å²) in [7, 11) is 0. The average molecular weight is 200 g/mol. The molecule has 0 atom stereocenters. The minimum absolute atomic E-state index is 0.375. The van der Waals surface area contributed by atoms with Crippen molar-refractivity contribution < 1.29 is 27.5 Å². The van der Waals surface area contributed by atoms with Gasteiger partial charge < -0.3 is 5.11 Å². The van der Waals surface area contributed by atoms with E-state index >= 15 is 0 Å². The predicted octanol–water partition coefficient (Wildman–Crippen LogP) is 2.31. The molecule has 0 aliphatic carbocycles. The fraction of sp³-hybridized carbons (Fsp3) is 0.571. The second kappa shape index (κ2) is 4.25.